The van der Waals surface area contributed by atoms with E-state index in [1.54, 1.807) is 11.9 Å². The summed E-state index contributed by atoms with van der Waals surface area (Å²) in [6.45, 7) is 3.87. The first-order chi connectivity index (χ1) is 10.9. The maximum atomic E-state index is 12.3. The average Bonchev–Trinajstić information content (AvgIpc) is 2.68. The van der Waals surface area contributed by atoms with Crippen molar-refractivity contribution in [3.63, 3.8) is 0 Å². The first-order valence-electron chi connectivity index (χ1n) is 8.20. The number of carbonyl (C=O) groups is 2. The molecule has 0 radical (unpaired) electrons. The van der Waals surface area contributed by atoms with Gasteiger partial charge in [-0.1, -0.05) is 6.42 Å². The Kier molecular flexibility index (Phi) is 3.96. The minimum atomic E-state index is -0.535. The first-order valence-corrected chi connectivity index (χ1v) is 8.20. The lowest BCUT2D eigenvalue weighted by Crippen LogP contribution is -2.33. The van der Waals surface area contributed by atoms with Crippen LogP contribution in [0, 0.1) is 0 Å². The van der Waals surface area contributed by atoms with Crippen LogP contribution in [-0.4, -0.2) is 24.4 Å². The SMILES string of the molecule is CN1C(=O)C(C)(C)c2cc(N/N=C3/CCCCCC3=O)ccc21. The minimum absolute atomic E-state index is 0.0925. The molecule has 5 heteroatoms. The number of amides is 1. The normalized spacial score (nSPS) is 22.2. The Morgan fingerprint density at radius 1 is 1.13 bits per heavy atom. The van der Waals surface area contributed by atoms with Crippen molar-refractivity contribution in [2.45, 2.75) is 51.4 Å². The van der Waals surface area contributed by atoms with Crippen LogP contribution in [0.25, 0.3) is 0 Å². The van der Waals surface area contributed by atoms with Crippen molar-refractivity contribution in [2.75, 3.05) is 17.4 Å². The molecular weight excluding hydrogens is 290 g/mol. The van der Waals surface area contributed by atoms with Gasteiger partial charge >= 0.3 is 0 Å². The van der Waals surface area contributed by atoms with Gasteiger partial charge in [-0.15, -0.1) is 0 Å². The zero-order valence-electron chi connectivity index (χ0n) is 14.0. The lowest BCUT2D eigenvalue weighted by Gasteiger charge is -2.16. The highest BCUT2D eigenvalue weighted by atomic mass is 16.2. The number of nitrogens with zero attached hydrogens (tertiary/aromatic N) is 2. The predicted octanol–water partition coefficient (Wildman–Crippen LogP) is 3.24. The summed E-state index contributed by atoms with van der Waals surface area (Å²) in [4.78, 5) is 26.0. The largest absolute Gasteiger partial charge is 0.314 e. The maximum Gasteiger partial charge on any atom is 0.236 e. The molecule has 0 aromatic heterocycles. The minimum Gasteiger partial charge on any atom is -0.314 e. The molecule has 0 bridgehead atoms. The summed E-state index contributed by atoms with van der Waals surface area (Å²) in [7, 11) is 1.80. The highest BCUT2D eigenvalue weighted by Gasteiger charge is 2.42. The standard InChI is InChI=1S/C18H23N3O2/c1-18(2)13-11-12(9-10-15(13)21(3)17(18)23)19-20-14-7-5-4-6-8-16(14)22/h9-11,19H,4-8H2,1-3H3/b20-14-. The molecule has 0 spiro atoms. The molecule has 2 aliphatic rings. The van der Waals surface area contributed by atoms with Crippen molar-refractivity contribution in [3.05, 3.63) is 23.8 Å². The number of Topliss-reactive ketones (excluding diaryl/α,β-unsaturated/α-hetero) is 1. The predicted molar refractivity (Wildman–Crippen MR) is 92.0 cm³/mol. The highest BCUT2D eigenvalue weighted by molar-refractivity contribution is 6.40. The molecule has 1 fully saturated rings. The van der Waals surface area contributed by atoms with E-state index in [1.807, 2.05) is 32.0 Å². The van der Waals surface area contributed by atoms with Crippen molar-refractivity contribution in [1.29, 1.82) is 0 Å². The van der Waals surface area contributed by atoms with Gasteiger partial charge in [0.1, 0.15) is 5.71 Å². The number of hydrogen-bond acceptors (Lipinski definition) is 4. The number of hydrazone groups is 1. The third-order valence-electron chi connectivity index (χ3n) is 4.83. The van der Waals surface area contributed by atoms with Crippen molar-refractivity contribution < 1.29 is 9.59 Å². The smallest absolute Gasteiger partial charge is 0.236 e. The van der Waals surface area contributed by atoms with Gasteiger partial charge in [0, 0.05) is 19.2 Å². The van der Waals surface area contributed by atoms with Crippen LogP contribution >= 0.6 is 0 Å². The summed E-state index contributed by atoms with van der Waals surface area (Å²) in [5, 5.41) is 4.32. The summed E-state index contributed by atoms with van der Waals surface area (Å²) in [6, 6.07) is 5.79. The molecule has 1 amide bonds. The molecule has 5 nitrogen and oxygen atoms in total. The highest BCUT2D eigenvalue weighted by Crippen LogP contribution is 2.41. The number of anilines is 2. The molecule has 0 atom stereocenters. The van der Waals surface area contributed by atoms with E-state index >= 15 is 0 Å². The van der Waals surface area contributed by atoms with Gasteiger partial charge in [0.15, 0.2) is 5.78 Å². The molecule has 1 aromatic carbocycles. The van der Waals surface area contributed by atoms with E-state index in [2.05, 4.69) is 10.5 Å². The average molecular weight is 313 g/mol. The molecule has 1 N–H and O–H groups in total. The third kappa shape index (κ3) is 2.76. The van der Waals surface area contributed by atoms with Gasteiger partial charge in [0.25, 0.3) is 0 Å². The van der Waals surface area contributed by atoms with Gasteiger partial charge in [-0.3, -0.25) is 15.0 Å². The van der Waals surface area contributed by atoms with Crippen LogP contribution in [-0.2, 0) is 15.0 Å². The molecule has 1 saturated carbocycles. The third-order valence-corrected chi connectivity index (χ3v) is 4.83. The molecule has 1 heterocycles. The zero-order valence-corrected chi connectivity index (χ0v) is 14.0. The Balaban J connectivity index is 1.85. The molecule has 3 rings (SSSR count). The van der Waals surface area contributed by atoms with Crippen LogP contribution in [0.5, 0.6) is 0 Å². The summed E-state index contributed by atoms with van der Waals surface area (Å²) in [6.07, 6.45) is 4.40. The molecular formula is C18H23N3O2. The fraction of sp³-hybridized carbons (Fsp3) is 0.500. The van der Waals surface area contributed by atoms with E-state index in [9.17, 15) is 9.59 Å². The van der Waals surface area contributed by atoms with Crippen LogP contribution in [0.2, 0.25) is 0 Å². The Hall–Kier alpha value is -2.17. The summed E-state index contributed by atoms with van der Waals surface area (Å²) < 4.78 is 0. The fourth-order valence-corrected chi connectivity index (χ4v) is 3.33. The van der Waals surface area contributed by atoms with Gasteiger partial charge in [-0.05, 0) is 56.9 Å². The second kappa shape index (κ2) is 5.80. The van der Waals surface area contributed by atoms with E-state index in [0.717, 1.165) is 42.6 Å². The van der Waals surface area contributed by atoms with Gasteiger partial charge in [-0.25, -0.2) is 0 Å². The maximum absolute atomic E-state index is 12.3. The monoisotopic (exact) mass is 313 g/mol. The number of ketones is 1. The molecule has 122 valence electrons. The number of fused-ring (bicyclic) bond motifs is 1. The quantitative estimate of drug-likeness (QED) is 0.673. The van der Waals surface area contributed by atoms with Gasteiger partial charge < -0.3 is 4.90 Å². The van der Waals surface area contributed by atoms with E-state index < -0.39 is 5.41 Å². The number of likely N-dealkylation sites (N-methyl/N-ethyl adjacent to an activating group) is 1. The van der Waals surface area contributed by atoms with Crippen molar-refractivity contribution in [1.82, 2.24) is 0 Å². The summed E-state index contributed by atoms with van der Waals surface area (Å²) in [5.41, 5.74) is 5.84. The number of hydrogen-bond donors (Lipinski definition) is 1. The van der Waals surface area contributed by atoms with Gasteiger partial charge in [0.05, 0.1) is 11.1 Å². The second-order valence-corrected chi connectivity index (χ2v) is 6.88. The first kappa shape index (κ1) is 15.7. The number of carbonyl (C=O) groups excluding carboxylic acids is 2. The van der Waals surface area contributed by atoms with E-state index in [4.69, 9.17) is 0 Å². The van der Waals surface area contributed by atoms with Crippen molar-refractivity contribution >= 4 is 28.8 Å². The fourth-order valence-electron chi connectivity index (χ4n) is 3.33. The molecule has 0 unspecified atom stereocenters. The van der Waals surface area contributed by atoms with Crippen molar-refractivity contribution in [2.24, 2.45) is 5.10 Å². The zero-order chi connectivity index (χ0) is 16.6. The Morgan fingerprint density at radius 2 is 1.87 bits per heavy atom. The van der Waals surface area contributed by atoms with Crippen LogP contribution < -0.4 is 10.3 Å². The summed E-state index contributed by atoms with van der Waals surface area (Å²) >= 11 is 0. The van der Waals surface area contributed by atoms with Crippen LogP contribution in [0.1, 0.15) is 51.5 Å². The molecule has 0 saturated heterocycles. The number of rotatable bonds is 2. The Labute approximate surface area is 136 Å². The Bertz CT molecular complexity index is 692. The van der Waals surface area contributed by atoms with E-state index in [-0.39, 0.29) is 11.7 Å². The number of benzene rings is 1. The molecule has 1 aliphatic heterocycles. The topological polar surface area (TPSA) is 61.8 Å². The molecule has 1 aromatic rings. The van der Waals surface area contributed by atoms with E-state index in [1.165, 1.54) is 0 Å². The van der Waals surface area contributed by atoms with Crippen LogP contribution in [0.4, 0.5) is 11.4 Å². The van der Waals surface area contributed by atoms with Gasteiger partial charge in [-0.2, -0.15) is 5.10 Å². The van der Waals surface area contributed by atoms with Crippen LogP contribution in [0.3, 0.4) is 0 Å². The number of nitrogens with one attached hydrogen (secondary N) is 1. The lowest BCUT2D eigenvalue weighted by atomic mass is 9.86. The lowest BCUT2D eigenvalue weighted by molar-refractivity contribution is -0.121. The molecule has 23 heavy (non-hydrogen) atoms. The summed E-state index contributed by atoms with van der Waals surface area (Å²) in [5.74, 6) is 0.237. The second-order valence-electron chi connectivity index (χ2n) is 6.88. The van der Waals surface area contributed by atoms with Crippen LogP contribution in [0.15, 0.2) is 23.3 Å². The van der Waals surface area contributed by atoms with Gasteiger partial charge in [0.2, 0.25) is 5.91 Å². The Morgan fingerprint density at radius 3 is 2.65 bits per heavy atom. The molecule has 1 aliphatic carbocycles. The van der Waals surface area contributed by atoms with Crippen molar-refractivity contribution in [3.8, 4) is 0 Å². The van der Waals surface area contributed by atoms with E-state index in [0.29, 0.717) is 12.1 Å².